The molecule has 0 radical (unpaired) electrons. The number of anilines is 1. The third kappa shape index (κ3) is 3.12. The zero-order valence-electron chi connectivity index (χ0n) is 13.1. The Kier molecular flexibility index (Phi) is 4.62. The summed E-state index contributed by atoms with van der Waals surface area (Å²) in [7, 11) is -4.11. The Morgan fingerprint density at radius 1 is 1.46 bits per heavy atom. The van der Waals surface area contributed by atoms with Gasteiger partial charge in [0.15, 0.2) is 0 Å². The number of rotatable bonds is 6. The monoisotopic (exact) mass is 381 g/mol. The van der Waals surface area contributed by atoms with E-state index in [-0.39, 0.29) is 33.5 Å². The fourth-order valence-corrected chi connectivity index (χ4v) is 3.45. The lowest BCUT2D eigenvalue weighted by Gasteiger charge is -2.09. The highest BCUT2D eigenvalue weighted by atomic mass is 32.2. The molecule has 0 fully saturated rings. The third-order valence-electron chi connectivity index (χ3n) is 3.71. The molecule has 0 saturated heterocycles. The van der Waals surface area contributed by atoms with E-state index in [4.69, 9.17) is 5.26 Å². The SMILES string of the molecule is N#Cc1c[nH]c2c(NS(=O)(=O)c3cnn(C(O)CCF)c3)ccc(F)c12. The number of sulfonamides is 1. The minimum Gasteiger partial charge on any atom is -0.372 e. The Bertz CT molecular complexity index is 1100. The van der Waals surface area contributed by atoms with Gasteiger partial charge >= 0.3 is 0 Å². The number of H-pyrrole nitrogens is 1. The largest absolute Gasteiger partial charge is 0.372 e. The second-order valence-corrected chi connectivity index (χ2v) is 7.06. The van der Waals surface area contributed by atoms with Crippen LogP contribution in [0.15, 0.2) is 35.6 Å². The molecule has 2 heterocycles. The molecule has 0 aliphatic rings. The van der Waals surface area contributed by atoms with Gasteiger partial charge in [0.25, 0.3) is 10.0 Å². The number of aliphatic hydroxyl groups is 1. The van der Waals surface area contributed by atoms with E-state index in [0.717, 1.165) is 23.1 Å². The maximum Gasteiger partial charge on any atom is 0.265 e. The number of benzene rings is 1. The summed E-state index contributed by atoms with van der Waals surface area (Å²) < 4.78 is 54.5. The second kappa shape index (κ2) is 6.74. The lowest BCUT2D eigenvalue weighted by molar-refractivity contribution is 0.0739. The van der Waals surface area contributed by atoms with Gasteiger partial charge in [-0.3, -0.25) is 9.11 Å². The smallest absolute Gasteiger partial charge is 0.265 e. The highest BCUT2D eigenvalue weighted by molar-refractivity contribution is 7.92. The molecule has 0 aliphatic carbocycles. The average Bonchev–Trinajstić information content (AvgIpc) is 3.25. The molecular weight excluding hydrogens is 368 g/mol. The maximum absolute atomic E-state index is 13.9. The van der Waals surface area contributed by atoms with Crippen LogP contribution in [0.2, 0.25) is 0 Å². The first-order chi connectivity index (χ1) is 12.4. The van der Waals surface area contributed by atoms with Crippen molar-refractivity contribution < 1.29 is 22.3 Å². The zero-order valence-corrected chi connectivity index (χ0v) is 14.0. The average molecular weight is 381 g/mol. The highest BCUT2D eigenvalue weighted by Crippen LogP contribution is 2.29. The van der Waals surface area contributed by atoms with Crippen LogP contribution >= 0.6 is 0 Å². The normalized spacial score (nSPS) is 12.8. The second-order valence-electron chi connectivity index (χ2n) is 5.38. The fraction of sp³-hybridized carbons (Fsp3) is 0.200. The number of halogens is 2. The van der Waals surface area contributed by atoms with Gasteiger partial charge in [0, 0.05) is 18.8 Å². The number of hydrogen-bond acceptors (Lipinski definition) is 5. The van der Waals surface area contributed by atoms with E-state index >= 15 is 0 Å². The molecule has 0 saturated carbocycles. The summed E-state index contributed by atoms with van der Waals surface area (Å²) in [5.41, 5.74) is 0.204. The van der Waals surface area contributed by atoms with Crippen molar-refractivity contribution in [2.24, 2.45) is 0 Å². The van der Waals surface area contributed by atoms with E-state index in [1.807, 2.05) is 6.07 Å². The number of aliphatic hydroxyl groups excluding tert-OH is 1. The van der Waals surface area contributed by atoms with E-state index in [2.05, 4.69) is 14.8 Å². The van der Waals surface area contributed by atoms with Crippen molar-refractivity contribution in [1.29, 1.82) is 5.26 Å². The lowest BCUT2D eigenvalue weighted by atomic mass is 10.1. The van der Waals surface area contributed by atoms with Gasteiger partial charge in [-0.15, -0.1) is 0 Å². The molecule has 0 spiro atoms. The number of nitrogens with zero attached hydrogens (tertiary/aromatic N) is 3. The predicted molar refractivity (Wildman–Crippen MR) is 87.9 cm³/mol. The topological polar surface area (TPSA) is 124 Å². The van der Waals surface area contributed by atoms with Crippen molar-refractivity contribution >= 4 is 26.6 Å². The molecule has 0 amide bonds. The zero-order chi connectivity index (χ0) is 18.9. The van der Waals surface area contributed by atoms with Gasteiger partial charge in [-0.05, 0) is 12.1 Å². The Morgan fingerprint density at radius 2 is 2.23 bits per heavy atom. The molecule has 26 heavy (non-hydrogen) atoms. The summed E-state index contributed by atoms with van der Waals surface area (Å²) in [6.07, 6.45) is 1.81. The van der Waals surface area contributed by atoms with Crippen LogP contribution in [-0.4, -0.2) is 35.0 Å². The predicted octanol–water partition coefficient (Wildman–Crippen LogP) is 2.03. The molecule has 3 rings (SSSR count). The van der Waals surface area contributed by atoms with Crippen molar-refractivity contribution in [2.45, 2.75) is 17.5 Å². The Morgan fingerprint density at radius 3 is 2.92 bits per heavy atom. The van der Waals surface area contributed by atoms with Crippen molar-refractivity contribution in [3.8, 4) is 6.07 Å². The maximum atomic E-state index is 13.9. The molecule has 11 heteroatoms. The van der Waals surface area contributed by atoms with Crippen LogP contribution < -0.4 is 4.72 Å². The molecule has 1 unspecified atom stereocenters. The molecule has 1 aromatic carbocycles. The summed E-state index contributed by atoms with van der Waals surface area (Å²) in [4.78, 5) is 2.41. The van der Waals surface area contributed by atoms with E-state index < -0.39 is 28.7 Å². The molecule has 8 nitrogen and oxygen atoms in total. The molecule has 2 aromatic heterocycles. The highest BCUT2D eigenvalue weighted by Gasteiger charge is 2.21. The quantitative estimate of drug-likeness (QED) is 0.603. The van der Waals surface area contributed by atoms with Gasteiger partial charge in [-0.2, -0.15) is 10.4 Å². The third-order valence-corrected chi connectivity index (χ3v) is 5.03. The molecule has 136 valence electrons. The minimum absolute atomic E-state index is 0.0261. The van der Waals surface area contributed by atoms with Crippen molar-refractivity contribution in [3.05, 3.63) is 42.1 Å². The number of hydrogen-bond donors (Lipinski definition) is 3. The summed E-state index contributed by atoms with van der Waals surface area (Å²) in [5.74, 6) is -0.664. The Labute approximate surface area is 146 Å². The molecule has 3 aromatic rings. The number of aromatic amines is 1. The summed E-state index contributed by atoms with van der Waals surface area (Å²) in [6.45, 7) is -0.789. The summed E-state index contributed by atoms with van der Waals surface area (Å²) in [5, 5.41) is 22.4. The number of aromatic nitrogens is 3. The Balaban J connectivity index is 1.96. The lowest BCUT2D eigenvalue weighted by Crippen LogP contribution is -2.13. The number of nitriles is 1. The molecule has 1 atom stereocenters. The van der Waals surface area contributed by atoms with Crippen LogP contribution in [0.1, 0.15) is 18.2 Å². The van der Waals surface area contributed by atoms with Gasteiger partial charge in [0.1, 0.15) is 23.0 Å². The first kappa shape index (κ1) is 17.8. The first-order valence-corrected chi connectivity index (χ1v) is 8.86. The van der Waals surface area contributed by atoms with Crippen molar-refractivity contribution in [3.63, 3.8) is 0 Å². The van der Waals surface area contributed by atoms with E-state index in [9.17, 15) is 22.3 Å². The minimum atomic E-state index is -4.11. The van der Waals surface area contributed by atoms with Crippen molar-refractivity contribution in [1.82, 2.24) is 14.8 Å². The van der Waals surface area contributed by atoms with Crippen LogP contribution in [0.3, 0.4) is 0 Å². The Hall–Kier alpha value is -2.97. The molecule has 0 aliphatic heterocycles. The molecular formula is C15H13F2N5O3S. The molecule has 3 N–H and O–H groups in total. The number of alkyl halides is 1. The van der Waals surface area contributed by atoms with Crippen LogP contribution in [0.25, 0.3) is 10.9 Å². The van der Waals surface area contributed by atoms with Gasteiger partial charge < -0.3 is 10.1 Å². The first-order valence-electron chi connectivity index (χ1n) is 7.38. The summed E-state index contributed by atoms with van der Waals surface area (Å²) >= 11 is 0. The standard InChI is InChI=1S/C15H13F2N5O3S/c16-4-3-13(23)22-8-10(7-20-22)26(24,25)21-12-2-1-11(17)14-9(5-18)6-19-15(12)14/h1-2,6-8,13,19,21,23H,3-4H2. The van der Waals surface area contributed by atoms with E-state index in [1.165, 1.54) is 12.3 Å². The van der Waals surface area contributed by atoms with Crippen molar-refractivity contribution in [2.75, 3.05) is 11.4 Å². The van der Waals surface area contributed by atoms with E-state index in [0.29, 0.717) is 0 Å². The van der Waals surface area contributed by atoms with Gasteiger partial charge in [0.05, 0.1) is 35.0 Å². The van der Waals surface area contributed by atoms with Gasteiger partial charge in [-0.1, -0.05) is 0 Å². The fourth-order valence-electron chi connectivity index (χ4n) is 2.44. The number of fused-ring (bicyclic) bond motifs is 1. The number of nitrogens with one attached hydrogen (secondary N) is 2. The van der Waals surface area contributed by atoms with Crippen LogP contribution in [0.4, 0.5) is 14.5 Å². The van der Waals surface area contributed by atoms with E-state index in [1.54, 1.807) is 0 Å². The summed E-state index contributed by atoms with van der Waals surface area (Å²) in [6, 6.07) is 4.08. The van der Waals surface area contributed by atoms with Crippen LogP contribution in [0.5, 0.6) is 0 Å². The molecule has 0 bridgehead atoms. The van der Waals surface area contributed by atoms with Gasteiger partial charge in [0.2, 0.25) is 0 Å². The van der Waals surface area contributed by atoms with Crippen LogP contribution in [-0.2, 0) is 10.0 Å². The van der Waals surface area contributed by atoms with Crippen LogP contribution in [0, 0.1) is 17.1 Å². The van der Waals surface area contributed by atoms with Gasteiger partial charge in [-0.25, -0.2) is 17.5 Å².